The molecule has 1 amide bonds. The number of amides is 1. The monoisotopic (exact) mass is 719 g/mol. The van der Waals surface area contributed by atoms with Gasteiger partial charge in [0.25, 0.3) is 11.5 Å². The fraction of sp³-hybridized carbons (Fsp3) is 0.523. The van der Waals surface area contributed by atoms with Gasteiger partial charge >= 0.3 is 0 Å². The van der Waals surface area contributed by atoms with Gasteiger partial charge in [-0.2, -0.15) is 5.26 Å². The van der Waals surface area contributed by atoms with E-state index in [-0.39, 0.29) is 40.0 Å². The molecule has 3 aromatic rings. The smallest absolute Gasteiger partial charge is 0.264 e. The second-order valence-electron chi connectivity index (χ2n) is 16.9. The number of allylic oxidation sites excluding steroid dienone is 1. The van der Waals surface area contributed by atoms with Crippen molar-refractivity contribution in [3.05, 3.63) is 91.9 Å². The van der Waals surface area contributed by atoms with Crippen LogP contribution in [0.15, 0.2) is 53.0 Å². The van der Waals surface area contributed by atoms with Crippen LogP contribution in [0.1, 0.15) is 86.9 Å². The molecule has 0 unspecified atom stereocenters. The predicted molar refractivity (Wildman–Crippen MR) is 210 cm³/mol. The topological polar surface area (TPSA) is 91.0 Å². The Kier molecular flexibility index (Phi) is 10.7. The molecule has 1 aliphatic carbocycles. The molecule has 0 bridgehead atoms. The molecule has 2 fully saturated rings. The SMILES string of the molecule is COc1cc(-c2cn(C)c(=O)c(C)c2C)cc(OC)c1CN1CCN(Cc2cccc3c2CCN(C(=O)/C(C#N)=C/C(C)(C)C)[C@H]3C(C)C)CC12CC2. The number of pyridine rings is 1. The van der Waals surface area contributed by atoms with Crippen molar-refractivity contribution in [1.29, 1.82) is 5.26 Å². The molecule has 2 aromatic carbocycles. The van der Waals surface area contributed by atoms with Crippen LogP contribution < -0.4 is 15.0 Å². The maximum atomic E-state index is 13.8. The van der Waals surface area contributed by atoms with Crippen LogP contribution in [0.3, 0.4) is 0 Å². The maximum absolute atomic E-state index is 13.8. The van der Waals surface area contributed by atoms with Gasteiger partial charge in [0, 0.05) is 69.2 Å². The van der Waals surface area contributed by atoms with Crippen molar-refractivity contribution in [2.45, 2.75) is 92.4 Å². The third-order valence-corrected chi connectivity index (χ3v) is 11.7. The minimum Gasteiger partial charge on any atom is -0.496 e. The molecule has 1 spiro atoms. The van der Waals surface area contributed by atoms with Crippen LogP contribution in [0, 0.1) is 36.5 Å². The molecule has 0 N–H and O–H groups in total. The summed E-state index contributed by atoms with van der Waals surface area (Å²) >= 11 is 0. The number of aromatic nitrogens is 1. The molecule has 3 heterocycles. The van der Waals surface area contributed by atoms with Gasteiger partial charge < -0.3 is 18.9 Å². The first kappa shape index (κ1) is 38.3. The third kappa shape index (κ3) is 7.54. The van der Waals surface area contributed by atoms with Gasteiger partial charge in [0.15, 0.2) is 0 Å². The van der Waals surface area contributed by atoms with E-state index in [4.69, 9.17) is 9.47 Å². The van der Waals surface area contributed by atoms with Gasteiger partial charge in [-0.25, -0.2) is 0 Å². The average molecular weight is 720 g/mol. The Morgan fingerprint density at radius 3 is 2.30 bits per heavy atom. The lowest BCUT2D eigenvalue weighted by atomic mass is 9.83. The fourth-order valence-electron chi connectivity index (χ4n) is 8.69. The number of nitrogens with zero attached hydrogens (tertiary/aromatic N) is 5. The first-order valence-corrected chi connectivity index (χ1v) is 19.1. The van der Waals surface area contributed by atoms with Crippen molar-refractivity contribution < 1.29 is 14.3 Å². The van der Waals surface area contributed by atoms with Gasteiger partial charge in [-0.1, -0.05) is 58.9 Å². The number of benzene rings is 2. The number of aryl methyl sites for hydroxylation is 1. The molecule has 53 heavy (non-hydrogen) atoms. The van der Waals surface area contributed by atoms with Gasteiger partial charge in [-0.05, 0) is 84.4 Å². The first-order chi connectivity index (χ1) is 25.1. The Bertz CT molecular complexity index is 2000. The molecule has 0 radical (unpaired) electrons. The number of carbonyl (C=O) groups excluding carboxylic acids is 1. The van der Waals surface area contributed by atoms with Crippen LogP contribution in [-0.4, -0.2) is 71.1 Å². The Balaban J connectivity index is 1.21. The molecule has 9 nitrogen and oxygen atoms in total. The summed E-state index contributed by atoms with van der Waals surface area (Å²) in [6, 6.07) is 12.9. The number of piperazine rings is 1. The number of methoxy groups -OCH3 is 2. The normalized spacial score (nSPS) is 18.9. The average Bonchev–Trinajstić information content (AvgIpc) is 3.90. The molecule has 3 aliphatic rings. The van der Waals surface area contributed by atoms with Crippen molar-refractivity contribution in [2.75, 3.05) is 40.4 Å². The lowest BCUT2D eigenvalue weighted by molar-refractivity contribution is -0.130. The van der Waals surface area contributed by atoms with Crippen LogP contribution in [0.5, 0.6) is 11.5 Å². The van der Waals surface area contributed by atoms with E-state index in [2.05, 4.69) is 60.0 Å². The number of fused-ring (bicyclic) bond motifs is 1. The van der Waals surface area contributed by atoms with Gasteiger partial charge in [0.2, 0.25) is 0 Å². The summed E-state index contributed by atoms with van der Waals surface area (Å²) in [6.45, 7) is 19.4. The predicted octanol–water partition coefficient (Wildman–Crippen LogP) is 7.11. The van der Waals surface area contributed by atoms with Gasteiger partial charge in [0.05, 0.1) is 25.8 Å². The minimum absolute atomic E-state index is 0.0144. The highest BCUT2D eigenvalue weighted by Gasteiger charge is 2.51. The molecule has 282 valence electrons. The second kappa shape index (κ2) is 14.8. The Labute approximate surface area is 315 Å². The largest absolute Gasteiger partial charge is 0.496 e. The molecule has 6 rings (SSSR count). The quantitative estimate of drug-likeness (QED) is 0.172. The van der Waals surface area contributed by atoms with E-state index < -0.39 is 0 Å². The lowest BCUT2D eigenvalue weighted by Gasteiger charge is -2.44. The minimum atomic E-state index is -0.259. The summed E-state index contributed by atoms with van der Waals surface area (Å²) in [5.41, 5.74) is 8.74. The highest BCUT2D eigenvalue weighted by Crippen LogP contribution is 2.47. The number of nitriles is 1. The number of hydrogen-bond acceptors (Lipinski definition) is 7. The van der Waals surface area contributed by atoms with Crippen molar-refractivity contribution in [2.24, 2.45) is 18.4 Å². The zero-order chi connectivity index (χ0) is 38.4. The Hall–Kier alpha value is -4.39. The highest BCUT2D eigenvalue weighted by atomic mass is 16.5. The van der Waals surface area contributed by atoms with Crippen LogP contribution >= 0.6 is 0 Å². The zero-order valence-corrected chi connectivity index (χ0v) is 33.4. The van der Waals surface area contributed by atoms with Crippen molar-refractivity contribution >= 4 is 5.91 Å². The van der Waals surface area contributed by atoms with Crippen molar-refractivity contribution in [3.63, 3.8) is 0 Å². The number of rotatable bonds is 9. The molecule has 1 aromatic heterocycles. The van der Waals surface area contributed by atoms with E-state index in [0.717, 1.165) is 91.3 Å². The van der Waals surface area contributed by atoms with Gasteiger partial charge in [0.1, 0.15) is 23.1 Å². The Morgan fingerprint density at radius 2 is 1.72 bits per heavy atom. The van der Waals surface area contributed by atoms with Gasteiger partial charge in [-0.3, -0.25) is 19.4 Å². The summed E-state index contributed by atoms with van der Waals surface area (Å²) in [4.78, 5) is 33.5. The summed E-state index contributed by atoms with van der Waals surface area (Å²) in [6.07, 6.45) is 6.81. The number of hydrogen-bond donors (Lipinski definition) is 0. The molecular weight excluding hydrogens is 663 g/mol. The van der Waals surface area contributed by atoms with Crippen molar-refractivity contribution in [1.82, 2.24) is 19.3 Å². The van der Waals surface area contributed by atoms with E-state index in [9.17, 15) is 14.9 Å². The lowest BCUT2D eigenvalue weighted by Crippen LogP contribution is -2.54. The molecule has 1 saturated carbocycles. The van der Waals surface area contributed by atoms with Crippen LogP contribution in [0.4, 0.5) is 0 Å². The van der Waals surface area contributed by atoms with E-state index in [1.165, 1.54) is 16.7 Å². The zero-order valence-electron chi connectivity index (χ0n) is 33.4. The standard InChI is InChI=1S/C44H57N5O4/c1-28(2)40-35-13-11-12-31(34(35)14-17-49(40)42(51)33(23-45)22-43(5,6)7)24-47-18-19-48(44(27-47)15-16-44)26-37-38(52-9)20-32(21-39(37)53-10)36-25-46(8)41(50)30(4)29(36)3/h11-13,20-22,25,28,40H,14-19,24,26-27H2,1-10H3/b33-22+/t40-/m0/s1. The molecular formula is C44H57N5O4. The van der Waals surface area contributed by atoms with Crippen LogP contribution in [-0.2, 0) is 31.4 Å². The summed E-state index contributed by atoms with van der Waals surface area (Å²) < 4.78 is 13.7. The highest BCUT2D eigenvalue weighted by molar-refractivity contribution is 5.97. The van der Waals surface area contributed by atoms with Crippen LogP contribution in [0.2, 0.25) is 0 Å². The molecule has 1 atom stereocenters. The maximum Gasteiger partial charge on any atom is 0.264 e. The van der Waals surface area contributed by atoms with Crippen LogP contribution in [0.25, 0.3) is 11.1 Å². The molecule has 2 aliphatic heterocycles. The molecule has 9 heteroatoms. The van der Waals surface area contributed by atoms with Crippen molar-refractivity contribution in [3.8, 4) is 28.7 Å². The summed E-state index contributed by atoms with van der Waals surface area (Å²) in [7, 11) is 5.23. The van der Waals surface area contributed by atoms with Gasteiger partial charge in [-0.15, -0.1) is 0 Å². The first-order valence-electron chi connectivity index (χ1n) is 19.1. The number of carbonyl (C=O) groups is 1. The van der Waals surface area contributed by atoms with E-state index >= 15 is 0 Å². The number of ether oxygens (including phenoxy) is 2. The van der Waals surface area contributed by atoms with E-state index in [1.54, 1.807) is 25.8 Å². The second-order valence-corrected chi connectivity index (χ2v) is 16.9. The summed E-state index contributed by atoms with van der Waals surface area (Å²) in [5.74, 6) is 1.63. The van der Waals surface area contributed by atoms with E-state index in [1.807, 2.05) is 51.8 Å². The summed E-state index contributed by atoms with van der Waals surface area (Å²) in [5, 5.41) is 9.93. The third-order valence-electron chi connectivity index (χ3n) is 11.7. The van der Waals surface area contributed by atoms with E-state index in [0.29, 0.717) is 6.54 Å². The molecule has 1 saturated heterocycles. The fourth-order valence-corrected chi connectivity index (χ4v) is 8.69. The Morgan fingerprint density at radius 1 is 1.04 bits per heavy atom.